The lowest BCUT2D eigenvalue weighted by atomic mass is 9.78. The monoisotopic (exact) mass is 269 g/mol. The average molecular weight is 269 g/mol. The summed E-state index contributed by atoms with van der Waals surface area (Å²) in [5.41, 5.74) is 2.51. The molecule has 0 N–H and O–H groups in total. The first kappa shape index (κ1) is 11.5. The van der Waals surface area contributed by atoms with Crippen LogP contribution in [-0.4, -0.2) is 19.9 Å². The zero-order valence-corrected chi connectivity index (χ0v) is 10.9. The van der Waals surface area contributed by atoms with Gasteiger partial charge in [0.2, 0.25) is 0 Å². The number of fused-ring (bicyclic) bond motifs is 4. The van der Waals surface area contributed by atoms with Crippen molar-refractivity contribution in [1.29, 1.82) is 0 Å². The molecule has 0 fully saturated rings. The van der Waals surface area contributed by atoms with Gasteiger partial charge in [-0.2, -0.15) is 0 Å². The zero-order chi connectivity index (χ0) is 13.7. The molecule has 2 aromatic rings. The van der Waals surface area contributed by atoms with Crippen LogP contribution in [0.3, 0.4) is 0 Å². The highest BCUT2D eigenvalue weighted by molar-refractivity contribution is 5.91. The number of halogens is 1. The van der Waals surface area contributed by atoms with Crippen molar-refractivity contribution in [3.8, 4) is 11.5 Å². The number of nitrogens with zero attached hydrogens (tertiary/aromatic N) is 1. The summed E-state index contributed by atoms with van der Waals surface area (Å²) in [7, 11) is 1.46. The Balaban J connectivity index is 1.96. The Morgan fingerprint density at radius 1 is 1.25 bits per heavy atom. The van der Waals surface area contributed by atoms with Crippen molar-refractivity contribution in [2.24, 2.45) is 4.99 Å². The molecule has 2 aromatic carbocycles. The van der Waals surface area contributed by atoms with Gasteiger partial charge in [0.1, 0.15) is 12.4 Å². The fraction of sp³-hybridized carbons (Fsp3) is 0.188. The molecule has 1 unspecified atom stereocenters. The minimum Gasteiger partial charge on any atom is -0.494 e. The fourth-order valence-corrected chi connectivity index (χ4v) is 2.97. The van der Waals surface area contributed by atoms with E-state index in [0.29, 0.717) is 12.4 Å². The molecular formula is C16H12FNO2. The molecule has 1 atom stereocenters. The van der Waals surface area contributed by atoms with Crippen LogP contribution in [0.15, 0.2) is 41.4 Å². The molecule has 4 heteroatoms. The molecule has 0 saturated heterocycles. The van der Waals surface area contributed by atoms with Gasteiger partial charge in [0.25, 0.3) is 0 Å². The molecule has 4 rings (SSSR count). The van der Waals surface area contributed by atoms with Gasteiger partial charge in [-0.15, -0.1) is 0 Å². The predicted molar refractivity (Wildman–Crippen MR) is 73.8 cm³/mol. The van der Waals surface area contributed by atoms with E-state index < -0.39 is 11.2 Å². The molecule has 20 heavy (non-hydrogen) atoms. The van der Waals surface area contributed by atoms with Crippen molar-refractivity contribution in [3.05, 3.63) is 53.3 Å². The van der Waals surface area contributed by atoms with E-state index >= 15 is 0 Å². The third-order valence-electron chi connectivity index (χ3n) is 4.00. The third kappa shape index (κ3) is 1.31. The van der Waals surface area contributed by atoms with Gasteiger partial charge >= 0.3 is 0 Å². The van der Waals surface area contributed by atoms with E-state index in [0.717, 1.165) is 16.8 Å². The fourth-order valence-electron chi connectivity index (χ4n) is 2.97. The lowest BCUT2D eigenvalue weighted by molar-refractivity contribution is 0.326. The minimum absolute atomic E-state index is 0.228. The lowest BCUT2D eigenvalue weighted by Gasteiger charge is -2.20. The molecule has 0 amide bonds. The van der Waals surface area contributed by atoms with Gasteiger partial charge in [-0.05, 0) is 17.7 Å². The highest BCUT2D eigenvalue weighted by Crippen LogP contribution is 2.49. The zero-order valence-electron chi connectivity index (χ0n) is 10.9. The minimum atomic E-state index is -0.424. The van der Waals surface area contributed by atoms with Crippen LogP contribution in [0.5, 0.6) is 11.5 Å². The Hall–Kier alpha value is -2.36. The Bertz CT molecular complexity index is 741. The van der Waals surface area contributed by atoms with Crippen molar-refractivity contribution < 1.29 is 13.9 Å². The summed E-state index contributed by atoms with van der Waals surface area (Å²) in [6.07, 6.45) is 1.89. The topological polar surface area (TPSA) is 30.8 Å². The number of rotatable bonds is 1. The van der Waals surface area contributed by atoms with Crippen molar-refractivity contribution in [2.75, 3.05) is 13.7 Å². The predicted octanol–water partition coefficient (Wildman–Crippen LogP) is 3.23. The summed E-state index contributed by atoms with van der Waals surface area (Å²) in [6, 6.07) is 11.0. The number of para-hydroxylation sites is 1. The van der Waals surface area contributed by atoms with Gasteiger partial charge in [0.05, 0.1) is 18.2 Å². The second-order valence-electron chi connectivity index (χ2n) is 5.02. The Morgan fingerprint density at radius 2 is 2.10 bits per heavy atom. The Morgan fingerprint density at radius 3 is 2.95 bits per heavy atom. The van der Waals surface area contributed by atoms with E-state index in [1.54, 1.807) is 6.07 Å². The molecule has 0 radical (unpaired) electrons. The second kappa shape index (κ2) is 3.82. The first-order chi connectivity index (χ1) is 9.74. The lowest BCUT2D eigenvalue weighted by Crippen LogP contribution is -2.28. The summed E-state index contributed by atoms with van der Waals surface area (Å²) in [6.45, 7) is 0.440. The molecule has 2 aliphatic rings. The largest absolute Gasteiger partial charge is 0.494 e. The van der Waals surface area contributed by atoms with Crippen molar-refractivity contribution >= 4 is 11.9 Å². The van der Waals surface area contributed by atoms with Gasteiger partial charge < -0.3 is 9.47 Å². The quantitative estimate of drug-likeness (QED) is 0.795. The first-order valence-electron chi connectivity index (χ1n) is 6.40. The summed E-state index contributed by atoms with van der Waals surface area (Å²) >= 11 is 0. The SMILES string of the molecule is COc1cc2c(cc1F)OCC21C=Nc2ccccc21. The smallest absolute Gasteiger partial charge is 0.168 e. The van der Waals surface area contributed by atoms with E-state index in [1.807, 2.05) is 30.5 Å². The van der Waals surface area contributed by atoms with Crippen LogP contribution in [0.1, 0.15) is 11.1 Å². The van der Waals surface area contributed by atoms with Crippen molar-refractivity contribution in [3.63, 3.8) is 0 Å². The van der Waals surface area contributed by atoms with Crippen LogP contribution in [0, 0.1) is 5.82 Å². The van der Waals surface area contributed by atoms with E-state index in [4.69, 9.17) is 9.47 Å². The van der Waals surface area contributed by atoms with E-state index in [-0.39, 0.29) is 5.75 Å². The molecule has 0 aromatic heterocycles. The summed E-state index contributed by atoms with van der Waals surface area (Å²) in [4.78, 5) is 4.47. The number of hydrogen-bond donors (Lipinski definition) is 0. The van der Waals surface area contributed by atoms with Crippen LogP contribution in [-0.2, 0) is 5.41 Å². The molecule has 100 valence electrons. The second-order valence-corrected chi connectivity index (χ2v) is 5.02. The van der Waals surface area contributed by atoms with Crippen LogP contribution >= 0.6 is 0 Å². The van der Waals surface area contributed by atoms with Crippen LogP contribution in [0.2, 0.25) is 0 Å². The molecule has 0 saturated carbocycles. The summed E-state index contributed by atoms with van der Waals surface area (Å²) < 4.78 is 24.6. The van der Waals surface area contributed by atoms with Gasteiger partial charge in [-0.25, -0.2) is 4.39 Å². The maximum Gasteiger partial charge on any atom is 0.168 e. The standard InChI is InChI=1S/C16H12FNO2/c1-19-15-6-11-14(7-12(15)17)20-9-16(11)8-18-13-5-3-2-4-10(13)16/h2-8H,9H2,1H3. The number of benzene rings is 2. The number of hydrogen-bond acceptors (Lipinski definition) is 3. The molecule has 1 spiro atoms. The molecule has 2 aliphatic heterocycles. The van der Waals surface area contributed by atoms with Gasteiger partial charge in [0.15, 0.2) is 11.6 Å². The van der Waals surface area contributed by atoms with Crippen molar-refractivity contribution in [1.82, 2.24) is 0 Å². The molecule has 0 bridgehead atoms. The molecule has 0 aliphatic carbocycles. The molecule has 2 heterocycles. The first-order valence-corrected chi connectivity index (χ1v) is 6.40. The van der Waals surface area contributed by atoms with Crippen LogP contribution in [0.25, 0.3) is 0 Å². The normalized spacial score (nSPS) is 21.7. The van der Waals surface area contributed by atoms with E-state index in [1.165, 1.54) is 13.2 Å². The third-order valence-corrected chi connectivity index (χ3v) is 4.00. The number of methoxy groups -OCH3 is 1. The van der Waals surface area contributed by atoms with Crippen molar-refractivity contribution in [2.45, 2.75) is 5.41 Å². The molecule has 3 nitrogen and oxygen atoms in total. The van der Waals surface area contributed by atoms with E-state index in [2.05, 4.69) is 4.99 Å². The maximum absolute atomic E-state index is 13.8. The average Bonchev–Trinajstić information content (AvgIpc) is 3.02. The van der Waals surface area contributed by atoms with Crippen LogP contribution in [0.4, 0.5) is 10.1 Å². The Labute approximate surface area is 115 Å². The van der Waals surface area contributed by atoms with Crippen LogP contribution < -0.4 is 9.47 Å². The van der Waals surface area contributed by atoms with E-state index in [9.17, 15) is 4.39 Å². The summed E-state index contributed by atoms with van der Waals surface area (Å²) in [5.74, 6) is 0.379. The highest BCUT2D eigenvalue weighted by Gasteiger charge is 2.45. The number of aliphatic imine (C=N–C) groups is 1. The Kier molecular flexibility index (Phi) is 2.19. The highest BCUT2D eigenvalue weighted by atomic mass is 19.1. The van der Waals surface area contributed by atoms with Gasteiger partial charge in [-0.3, -0.25) is 4.99 Å². The number of ether oxygens (including phenoxy) is 2. The maximum atomic E-state index is 13.8. The van der Waals surface area contributed by atoms with Gasteiger partial charge in [-0.1, -0.05) is 18.2 Å². The summed E-state index contributed by atoms with van der Waals surface area (Å²) in [5, 5.41) is 0. The molecular weight excluding hydrogens is 257 g/mol. The van der Waals surface area contributed by atoms with Gasteiger partial charge in [0, 0.05) is 17.8 Å².